The molecule has 2 aromatic carbocycles. The van der Waals surface area contributed by atoms with Crippen molar-refractivity contribution in [1.29, 1.82) is 0 Å². The number of hydrogen-bond acceptors (Lipinski definition) is 2. The van der Waals surface area contributed by atoms with Crippen molar-refractivity contribution < 1.29 is 14.7 Å². The van der Waals surface area contributed by atoms with Crippen LogP contribution in [0.3, 0.4) is 0 Å². The number of carbonyl (C=O) groups excluding carboxylic acids is 1. The maximum absolute atomic E-state index is 13.1. The molecule has 4 heteroatoms. The second kappa shape index (κ2) is 6.24. The molecule has 0 saturated heterocycles. The lowest BCUT2D eigenvalue weighted by Gasteiger charge is -2.30. The molecule has 4 nitrogen and oxygen atoms in total. The summed E-state index contributed by atoms with van der Waals surface area (Å²) in [4.78, 5) is 26.3. The Balaban J connectivity index is 2.03. The molecule has 0 aromatic heterocycles. The lowest BCUT2D eigenvalue weighted by molar-refractivity contribution is 0.0691. The number of para-hydroxylation sites is 1. The summed E-state index contributed by atoms with van der Waals surface area (Å²) in [6.45, 7) is 2.03. The van der Waals surface area contributed by atoms with Crippen molar-refractivity contribution in [1.82, 2.24) is 0 Å². The molecule has 23 heavy (non-hydrogen) atoms. The fourth-order valence-corrected chi connectivity index (χ4v) is 2.90. The van der Waals surface area contributed by atoms with Gasteiger partial charge in [0.2, 0.25) is 0 Å². The molecule has 1 atom stereocenters. The van der Waals surface area contributed by atoms with Gasteiger partial charge in [-0.2, -0.15) is 0 Å². The third-order valence-corrected chi connectivity index (χ3v) is 4.35. The third kappa shape index (κ3) is 3.11. The topological polar surface area (TPSA) is 57.6 Å². The summed E-state index contributed by atoms with van der Waals surface area (Å²) >= 11 is 0. The molecule has 2 aromatic rings. The summed E-state index contributed by atoms with van der Waals surface area (Å²) in [6, 6.07) is 15.9. The minimum atomic E-state index is -1.08. The van der Waals surface area contributed by atoms with Crippen molar-refractivity contribution in [2.45, 2.75) is 25.8 Å². The minimum absolute atomic E-state index is 0.0430. The van der Waals surface area contributed by atoms with E-state index in [4.69, 9.17) is 0 Å². The first-order chi connectivity index (χ1) is 11.1. The Morgan fingerprint density at radius 1 is 1.00 bits per heavy atom. The molecule has 118 valence electrons. The van der Waals surface area contributed by atoms with Gasteiger partial charge in [0.15, 0.2) is 0 Å². The first-order valence-corrected chi connectivity index (χ1v) is 7.80. The molecule has 0 heterocycles. The Bertz CT molecular complexity index is 722. The Labute approximate surface area is 135 Å². The van der Waals surface area contributed by atoms with Gasteiger partial charge in [-0.15, -0.1) is 0 Å². The molecule has 1 aliphatic carbocycles. The average molecular weight is 309 g/mol. The number of amides is 1. The van der Waals surface area contributed by atoms with Gasteiger partial charge >= 0.3 is 5.97 Å². The van der Waals surface area contributed by atoms with Crippen LogP contribution in [0.1, 0.15) is 40.5 Å². The molecule has 1 fully saturated rings. The fourth-order valence-electron chi connectivity index (χ4n) is 2.90. The summed E-state index contributed by atoms with van der Waals surface area (Å²) in [5.74, 6) is -0.856. The number of carbonyl (C=O) groups is 2. The Morgan fingerprint density at radius 3 is 2.13 bits per heavy atom. The smallest absolute Gasteiger partial charge is 0.336 e. The van der Waals surface area contributed by atoms with Crippen LogP contribution in [0.5, 0.6) is 0 Å². The van der Waals surface area contributed by atoms with E-state index in [0.29, 0.717) is 5.92 Å². The van der Waals surface area contributed by atoms with Gasteiger partial charge in [-0.1, -0.05) is 30.3 Å². The molecule has 3 rings (SSSR count). The van der Waals surface area contributed by atoms with E-state index in [1.807, 2.05) is 37.3 Å². The second-order valence-electron chi connectivity index (χ2n) is 5.94. The SMILES string of the molecule is CC(C1CC1)N(C(=O)c1ccccc1C(=O)O)c1ccccc1. The van der Waals surface area contributed by atoms with Crippen molar-refractivity contribution in [2.75, 3.05) is 4.90 Å². The van der Waals surface area contributed by atoms with Crippen molar-refractivity contribution in [2.24, 2.45) is 5.92 Å². The standard InChI is InChI=1S/C19H19NO3/c1-13(14-11-12-14)20(15-7-3-2-4-8-15)18(21)16-9-5-6-10-17(16)19(22)23/h2-10,13-14H,11-12H2,1H3,(H,22,23). The predicted octanol–water partition coefficient (Wildman–Crippen LogP) is 3.83. The normalized spacial score (nSPS) is 15.0. The van der Waals surface area contributed by atoms with Crippen LogP contribution in [-0.2, 0) is 0 Å². The molecule has 1 unspecified atom stereocenters. The number of nitrogens with zero attached hydrogens (tertiary/aromatic N) is 1. The van der Waals surface area contributed by atoms with Crippen LogP contribution in [0.4, 0.5) is 5.69 Å². The number of rotatable bonds is 5. The molecular formula is C19H19NO3. The zero-order valence-corrected chi connectivity index (χ0v) is 13.0. The highest BCUT2D eigenvalue weighted by Crippen LogP contribution is 2.37. The lowest BCUT2D eigenvalue weighted by Crippen LogP contribution is -2.40. The molecule has 1 N–H and O–H groups in total. The van der Waals surface area contributed by atoms with Gasteiger partial charge in [0.1, 0.15) is 0 Å². The number of aromatic carboxylic acids is 1. The number of hydrogen-bond donors (Lipinski definition) is 1. The van der Waals surface area contributed by atoms with E-state index in [9.17, 15) is 14.7 Å². The molecule has 1 aliphatic rings. The van der Waals surface area contributed by atoms with E-state index in [1.165, 1.54) is 6.07 Å². The minimum Gasteiger partial charge on any atom is -0.478 e. The Morgan fingerprint density at radius 2 is 1.57 bits per heavy atom. The van der Waals surface area contributed by atoms with Crippen LogP contribution in [-0.4, -0.2) is 23.0 Å². The van der Waals surface area contributed by atoms with Crippen LogP contribution in [0.15, 0.2) is 54.6 Å². The van der Waals surface area contributed by atoms with E-state index < -0.39 is 5.97 Å². The lowest BCUT2D eigenvalue weighted by atomic mass is 10.0. The average Bonchev–Trinajstić information content (AvgIpc) is 3.41. The predicted molar refractivity (Wildman–Crippen MR) is 88.8 cm³/mol. The first-order valence-electron chi connectivity index (χ1n) is 7.80. The molecule has 1 saturated carbocycles. The van der Waals surface area contributed by atoms with E-state index in [2.05, 4.69) is 0 Å². The van der Waals surface area contributed by atoms with Gasteiger partial charge in [-0.05, 0) is 49.9 Å². The Kier molecular flexibility index (Phi) is 4.15. The molecule has 0 aliphatic heterocycles. The van der Waals surface area contributed by atoms with Crippen LogP contribution in [0.2, 0.25) is 0 Å². The van der Waals surface area contributed by atoms with E-state index in [0.717, 1.165) is 18.5 Å². The van der Waals surface area contributed by atoms with Gasteiger partial charge in [0.05, 0.1) is 11.1 Å². The number of carboxylic acid groups (broad SMARTS) is 1. The largest absolute Gasteiger partial charge is 0.478 e. The molecule has 0 bridgehead atoms. The van der Waals surface area contributed by atoms with Crippen molar-refractivity contribution in [3.8, 4) is 0 Å². The monoisotopic (exact) mass is 309 g/mol. The maximum Gasteiger partial charge on any atom is 0.336 e. The van der Waals surface area contributed by atoms with E-state index in [-0.39, 0.29) is 23.1 Å². The van der Waals surface area contributed by atoms with Crippen LogP contribution in [0.25, 0.3) is 0 Å². The highest BCUT2D eigenvalue weighted by molar-refractivity contribution is 6.12. The third-order valence-electron chi connectivity index (χ3n) is 4.35. The maximum atomic E-state index is 13.1. The summed E-state index contributed by atoms with van der Waals surface area (Å²) in [7, 11) is 0. The molecule has 1 amide bonds. The van der Waals surface area contributed by atoms with Crippen molar-refractivity contribution >= 4 is 17.6 Å². The number of benzene rings is 2. The molecule has 0 spiro atoms. The summed E-state index contributed by atoms with van der Waals surface area (Å²) < 4.78 is 0. The van der Waals surface area contributed by atoms with Gasteiger partial charge in [0.25, 0.3) is 5.91 Å². The van der Waals surface area contributed by atoms with Gasteiger partial charge in [-0.25, -0.2) is 4.79 Å². The van der Waals surface area contributed by atoms with Gasteiger partial charge in [-0.3, -0.25) is 4.79 Å². The van der Waals surface area contributed by atoms with E-state index in [1.54, 1.807) is 23.1 Å². The summed E-state index contributed by atoms with van der Waals surface area (Å²) in [6.07, 6.45) is 2.22. The Hall–Kier alpha value is -2.62. The summed E-state index contributed by atoms with van der Waals surface area (Å²) in [5.41, 5.74) is 1.08. The van der Waals surface area contributed by atoms with Crippen LogP contribution >= 0.6 is 0 Å². The fraction of sp³-hybridized carbons (Fsp3) is 0.263. The van der Waals surface area contributed by atoms with Crippen molar-refractivity contribution in [3.63, 3.8) is 0 Å². The summed E-state index contributed by atoms with van der Waals surface area (Å²) in [5, 5.41) is 9.36. The zero-order chi connectivity index (χ0) is 16.4. The van der Waals surface area contributed by atoms with Crippen LogP contribution < -0.4 is 4.90 Å². The molecular weight excluding hydrogens is 290 g/mol. The second-order valence-corrected chi connectivity index (χ2v) is 5.94. The highest BCUT2D eigenvalue weighted by Gasteiger charge is 2.36. The quantitative estimate of drug-likeness (QED) is 0.913. The molecule has 0 radical (unpaired) electrons. The first kappa shape index (κ1) is 15.3. The highest BCUT2D eigenvalue weighted by atomic mass is 16.4. The van der Waals surface area contributed by atoms with Gasteiger partial charge in [0, 0.05) is 11.7 Å². The van der Waals surface area contributed by atoms with E-state index >= 15 is 0 Å². The zero-order valence-electron chi connectivity index (χ0n) is 13.0. The number of carboxylic acids is 1. The van der Waals surface area contributed by atoms with Gasteiger partial charge < -0.3 is 10.0 Å². The van der Waals surface area contributed by atoms with Crippen molar-refractivity contribution in [3.05, 3.63) is 65.7 Å². The van der Waals surface area contributed by atoms with Crippen LogP contribution in [0, 0.1) is 5.92 Å². The number of anilines is 1.